The second-order valence-electron chi connectivity index (χ2n) is 6.69. The van der Waals surface area contributed by atoms with Crippen molar-refractivity contribution in [2.24, 2.45) is 5.92 Å². The highest BCUT2D eigenvalue weighted by molar-refractivity contribution is 5.10. The molecular formula is C16H22F3N5O2. The number of nitrogens with zero attached hydrogens (tertiary/aromatic N) is 5. The van der Waals surface area contributed by atoms with E-state index in [9.17, 15) is 13.2 Å². The molecule has 0 fully saturated rings. The molecule has 0 radical (unpaired) electrons. The number of aryl methyl sites for hydroxylation is 1. The van der Waals surface area contributed by atoms with E-state index in [-0.39, 0.29) is 18.6 Å². The Hall–Kier alpha value is -1.94. The molecule has 1 aliphatic rings. The molecular weight excluding hydrogens is 351 g/mol. The van der Waals surface area contributed by atoms with Crippen LogP contribution < -0.4 is 0 Å². The third-order valence-corrected chi connectivity index (χ3v) is 4.70. The summed E-state index contributed by atoms with van der Waals surface area (Å²) in [5.41, 5.74) is -0.814. The van der Waals surface area contributed by atoms with Gasteiger partial charge in [0, 0.05) is 32.8 Å². The number of imidazole rings is 1. The standard InChI is InChI=1S/C16H22F3N5O2/c1-10(15-21-13(9-25-3)22-26-15)23(2)6-11-4-5-14-20-12(16(17,18)19)8-24(14)7-11/h8,10-11H,4-7,9H2,1-3H3/t10-,11-/m1/s1. The molecule has 7 nitrogen and oxygen atoms in total. The SMILES string of the molecule is COCc1noc([C@@H](C)N(C)C[C@H]2CCc3nc(C(F)(F)F)cn3C2)n1. The van der Waals surface area contributed by atoms with Crippen LogP contribution in [0.15, 0.2) is 10.7 Å². The maximum atomic E-state index is 12.8. The lowest BCUT2D eigenvalue weighted by Gasteiger charge is -2.30. The summed E-state index contributed by atoms with van der Waals surface area (Å²) in [7, 11) is 3.50. The smallest absolute Gasteiger partial charge is 0.377 e. The van der Waals surface area contributed by atoms with Gasteiger partial charge in [-0.25, -0.2) is 4.98 Å². The minimum Gasteiger partial charge on any atom is -0.377 e. The van der Waals surface area contributed by atoms with Gasteiger partial charge in [-0.15, -0.1) is 0 Å². The summed E-state index contributed by atoms with van der Waals surface area (Å²) in [4.78, 5) is 10.1. The Morgan fingerprint density at radius 2 is 2.19 bits per heavy atom. The first kappa shape index (κ1) is 18.8. The van der Waals surface area contributed by atoms with Gasteiger partial charge in [-0.1, -0.05) is 5.16 Å². The zero-order chi connectivity index (χ0) is 18.9. The third kappa shape index (κ3) is 4.07. The summed E-state index contributed by atoms with van der Waals surface area (Å²) < 4.78 is 50.3. The van der Waals surface area contributed by atoms with E-state index >= 15 is 0 Å². The zero-order valence-corrected chi connectivity index (χ0v) is 15.0. The molecule has 3 heterocycles. The van der Waals surface area contributed by atoms with Crippen LogP contribution in [0.1, 0.15) is 42.6 Å². The fraction of sp³-hybridized carbons (Fsp3) is 0.688. The summed E-state index contributed by atoms with van der Waals surface area (Å²) in [5, 5.41) is 3.86. The van der Waals surface area contributed by atoms with Crippen LogP contribution in [0.5, 0.6) is 0 Å². The summed E-state index contributed by atoms with van der Waals surface area (Å²) in [6, 6.07) is -0.0944. The molecule has 0 saturated heterocycles. The molecule has 0 saturated carbocycles. The molecule has 0 bridgehead atoms. The Kier molecular flexibility index (Phi) is 5.33. The highest BCUT2D eigenvalue weighted by Crippen LogP contribution is 2.31. The molecule has 26 heavy (non-hydrogen) atoms. The fourth-order valence-electron chi connectivity index (χ4n) is 3.18. The van der Waals surface area contributed by atoms with Crippen LogP contribution in [0.2, 0.25) is 0 Å². The number of rotatable bonds is 6. The number of ether oxygens (including phenoxy) is 1. The average Bonchev–Trinajstić information content (AvgIpc) is 3.20. The number of aromatic nitrogens is 4. The van der Waals surface area contributed by atoms with Crippen molar-refractivity contribution in [1.82, 2.24) is 24.6 Å². The average molecular weight is 373 g/mol. The topological polar surface area (TPSA) is 69.2 Å². The minimum absolute atomic E-state index is 0.0944. The van der Waals surface area contributed by atoms with Crippen LogP contribution >= 0.6 is 0 Å². The Balaban J connectivity index is 1.61. The Morgan fingerprint density at radius 1 is 1.42 bits per heavy atom. The van der Waals surface area contributed by atoms with E-state index in [1.807, 2.05) is 14.0 Å². The molecule has 0 aromatic carbocycles. The number of halogens is 3. The molecule has 0 unspecified atom stereocenters. The van der Waals surface area contributed by atoms with Crippen LogP contribution in [0, 0.1) is 5.92 Å². The van der Waals surface area contributed by atoms with Gasteiger partial charge in [-0.2, -0.15) is 18.2 Å². The Bertz CT molecular complexity index is 743. The summed E-state index contributed by atoms with van der Waals surface area (Å²) in [6.45, 7) is 3.47. The predicted octanol–water partition coefficient (Wildman–Crippen LogP) is 2.69. The highest BCUT2D eigenvalue weighted by atomic mass is 19.4. The van der Waals surface area contributed by atoms with Crippen LogP contribution in [0.25, 0.3) is 0 Å². The maximum absolute atomic E-state index is 12.8. The van der Waals surface area contributed by atoms with Gasteiger partial charge in [0.25, 0.3) is 0 Å². The fourth-order valence-corrected chi connectivity index (χ4v) is 3.18. The molecule has 1 aliphatic heterocycles. The largest absolute Gasteiger partial charge is 0.434 e. The lowest BCUT2D eigenvalue weighted by molar-refractivity contribution is -0.141. The lowest BCUT2D eigenvalue weighted by atomic mass is 9.98. The van der Waals surface area contributed by atoms with E-state index < -0.39 is 11.9 Å². The number of fused-ring (bicyclic) bond motifs is 1. The molecule has 10 heteroatoms. The van der Waals surface area contributed by atoms with Gasteiger partial charge in [0.2, 0.25) is 5.89 Å². The van der Waals surface area contributed by atoms with E-state index in [1.165, 1.54) is 0 Å². The van der Waals surface area contributed by atoms with Gasteiger partial charge in [0.1, 0.15) is 12.4 Å². The molecule has 0 amide bonds. The third-order valence-electron chi connectivity index (χ3n) is 4.70. The van der Waals surface area contributed by atoms with E-state index in [0.29, 0.717) is 37.0 Å². The minimum atomic E-state index is -4.40. The predicted molar refractivity (Wildman–Crippen MR) is 85.1 cm³/mol. The van der Waals surface area contributed by atoms with Gasteiger partial charge in [-0.05, 0) is 26.3 Å². The van der Waals surface area contributed by atoms with Crippen molar-refractivity contribution in [2.75, 3.05) is 20.7 Å². The maximum Gasteiger partial charge on any atom is 0.434 e. The second-order valence-corrected chi connectivity index (χ2v) is 6.69. The van der Waals surface area contributed by atoms with Crippen molar-refractivity contribution < 1.29 is 22.4 Å². The lowest BCUT2D eigenvalue weighted by Crippen LogP contribution is -2.33. The Morgan fingerprint density at radius 3 is 2.88 bits per heavy atom. The molecule has 0 aliphatic carbocycles. The highest BCUT2D eigenvalue weighted by Gasteiger charge is 2.36. The quantitative estimate of drug-likeness (QED) is 0.776. The molecule has 0 spiro atoms. The first-order valence-corrected chi connectivity index (χ1v) is 8.42. The van der Waals surface area contributed by atoms with Crippen LogP contribution in [0.4, 0.5) is 13.2 Å². The summed E-state index contributed by atoms with van der Waals surface area (Å²) in [6.07, 6.45) is -1.95. The van der Waals surface area contributed by atoms with Crippen molar-refractivity contribution in [3.8, 4) is 0 Å². The normalized spacial score (nSPS) is 19.0. The van der Waals surface area contributed by atoms with Gasteiger partial charge in [0.05, 0.1) is 6.04 Å². The van der Waals surface area contributed by atoms with Gasteiger partial charge in [-0.3, -0.25) is 4.90 Å². The van der Waals surface area contributed by atoms with Crippen molar-refractivity contribution >= 4 is 0 Å². The molecule has 144 valence electrons. The van der Waals surface area contributed by atoms with Crippen molar-refractivity contribution in [3.63, 3.8) is 0 Å². The molecule has 3 rings (SSSR count). The molecule has 2 aromatic rings. The Labute approximate surface area is 149 Å². The molecule has 2 atom stereocenters. The molecule has 0 N–H and O–H groups in total. The van der Waals surface area contributed by atoms with E-state index in [2.05, 4.69) is 20.0 Å². The number of hydrogen-bond donors (Lipinski definition) is 0. The molecule has 2 aromatic heterocycles. The van der Waals surface area contributed by atoms with Crippen molar-refractivity contribution in [1.29, 1.82) is 0 Å². The van der Waals surface area contributed by atoms with E-state index in [4.69, 9.17) is 9.26 Å². The van der Waals surface area contributed by atoms with Crippen molar-refractivity contribution in [3.05, 3.63) is 29.4 Å². The van der Waals surface area contributed by atoms with Crippen LogP contribution in [0.3, 0.4) is 0 Å². The van der Waals surface area contributed by atoms with Crippen LogP contribution in [-0.2, 0) is 30.5 Å². The zero-order valence-electron chi connectivity index (χ0n) is 15.0. The van der Waals surface area contributed by atoms with Gasteiger partial charge in [0.15, 0.2) is 11.5 Å². The monoisotopic (exact) mass is 373 g/mol. The number of methoxy groups -OCH3 is 1. The van der Waals surface area contributed by atoms with Crippen molar-refractivity contribution in [2.45, 2.75) is 45.1 Å². The summed E-state index contributed by atoms with van der Waals surface area (Å²) in [5.74, 6) is 1.72. The first-order valence-electron chi connectivity index (χ1n) is 8.42. The van der Waals surface area contributed by atoms with Crippen LogP contribution in [-0.4, -0.2) is 45.3 Å². The van der Waals surface area contributed by atoms with E-state index in [1.54, 1.807) is 11.7 Å². The summed E-state index contributed by atoms with van der Waals surface area (Å²) >= 11 is 0. The van der Waals surface area contributed by atoms with E-state index in [0.717, 1.165) is 12.6 Å². The number of alkyl halides is 3. The number of hydrogen-bond acceptors (Lipinski definition) is 6. The van der Waals surface area contributed by atoms with Gasteiger partial charge < -0.3 is 13.8 Å². The first-order chi connectivity index (χ1) is 12.3. The van der Waals surface area contributed by atoms with Gasteiger partial charge >= 0.3 is 6.18 Å². The second kappa shape index (κ2) is 7.36.